The van der Waals surface area contributed by atoms with Crippen LogP contribution in [0.5, 0.6) is 0 Å². The summed E-state index contributed by atoms with van der Waals surface area (Å²) in [5, 5.41) is 17.5. The van der Waals surface area contributed by atoms with Gasteiger partial charge in [-0.25, -0.2) is 9.78 Å². The van der Waals surface area contributed by atoms with Crippen LogP contribution in [0.4, 0.5) is 0 Å². The highest BCUT2D eigenvalue weighted by atomic mass is 32.1. The molecule has 0 saturated carbocycles. The summed E-state index contributed by atoms with van der Waals surface area (Å²) in [7, 11) is 0. The number of benzene rings is 1. The number of rotatable bonds is 14. The van der Waals surface area contributed by atoms with Crippen molar-refractivity contribution in [1.82, 2.24) is 30.9 Å². The SMILES string of the molecule is NC(=O)CC(NC(=O)C(CS)NC(=O)C(N)Cc1c[nH]c2ccccc12)C(=O)NC(Cc1cnc[nH]1)C(=O)O. The van der Waals surface area contributed by atoms with E-state index in [1.54, 1.807) is 6.20 Å². The molecule has 10 N–H and O–H groups in total. The first-order valence-electron chi connectivity index (χ1n) is 11.9. The highest BCUT2D eigenvalue weighted by Gasteiger charge is 2.31. The predicted molar refractivity (Wildman–Crippen MR) is 143 cm³/mol. The average Bonchev–Trinajstić information content (AvgIpc) is 3.56. The zero-order valence-corrected chi connectivity index (χ0v) is 21.6. The molecule has 3 aromatic rings. The predicted octanol–water partition coefficient (Wildman–Crippen LogP) is -1.65. The molecule has 2 heterocycles. The van der Waals surface area contributed by atoms with Gasteiger partial charge in [0.15, 0.2) is 0 Å². The summed E-state index contributed by atoms with van der Waals surface area (Å²) >= 11 is 4.11. The van der Waals surface area contributed by atoms with Crippen LogP contribution in [0.2, 0.25) is 0 Å². The van der Waals surface area contributed by atoms with Crippen LogP contribution in [-0.4, -0.2) is 79.6 Å². The number of carboxylic acids is 1. The van der Waals surface area contributed by atoms with Crippen LogP contribution in [0.25, 0.3) is 10.9 Å². The number of thiol groups is 1. The largest absolute Gasteiger partial charge is 0.480 e. The van der Waals surface area contributed by atoms with E-state index in [1.165, 1.54) is 12.5 Å². The fraction of sp³-hybridized carbons (Fsp3) is 0.333. The maximum Gasteiger partial charge on any atom is 0.326 e. The fourth-order valence-electron chi connectivity index (χ4n) is 3.87. The number of hydrogen-bond acceptors (Lipinski definition) is 8. The Morgan fingerprint density at radius 1 is 0.949 bits per heavy atom. The summed E-state index contributed by atoms with van der Waals surface area (Å²) in [6, 6.07) is 2.43. The number of carboxylic acid groups (broad SMARTS) is 1. The minimum Gasteiger partial charge on any atom is -0.480 e. The van der Waals surface area contributed by atoms with Gasteiger partial charge in [0, 0.05) is 41.2 Å². The zero-order valence-electron chi connectivity index (χ0n) is 20.7. The molecule has 4 unspecified atom stereocenters. The van der Waals surface area contributed by atoms with Gasteiger partial charge >= 0.3 is 5.97 Å². The minimum absolute atomic E-state index is 0.123. The van der Waals surface area contributed by atoms with Gasteiger partial charge in [0.2, 0.25) is 23.6 Å². The quantitative estimate of drug-likeness (QED) is 0.104. The molecule has 3 rings (SSSR count). The third-order valence-corrected chi connectivity index (χ3v) is 6.26. The van der Waals surface area contributed by atoms with Crippen LogP contribution >= 0.6 is 12.6 Å². The van der Waals surface area contributed by atoms with E-state index in [1.807, 2.05) is 24.3 Å². The van der Waals surface area contributed by atoms with Crippen molar-refractivity contribution in [1.29, 1.82) is 0 Å². The Morgan fingerprint density at radius 3 is 2.26 bits per heavy atom. The lowest BCUT2D eigenvalue weighted by Gasteiger charge is -2.24. The summed E-state index contributed by atoms with van der Waals surface area (Å²) < 4.78 is 0. The summed E-state index contributed by atoms with van der Waals surface area (Å²) in [6.07, 6.45) is 3.96. The Hall–Kier alpha value is -4.37. The Kier molecular flexibility index (Phi) is 10.1. The number of hydrogen-bond donors (Lipinski definition) is 9. The number of fused-ring (bicyclic) bond motifs is 1. The molecule has 39 heavy (non-hydrogen) atoms. The van der Waals surface area contributed by atoms with Crippen molar-refractivity contribution in [2.45, 2.75) is 43.4 Å². The molecule has 4 atom stereocenters. The molecule has 0 bridgehead atoms. The van der Waals surface area contributed by atoms with Gasteiger partial charge in [-0.15, -0.1) is 0 Å². The molecule has 4 amide bonds. The molecule has 15 heteroatoms. The van der Waals surface area contributed by atoms with Crippen LogP contribution in [0.3, 0.4) is 0 Å². The van der Waals surface area contributed by atoms with Crippen molar-refractivity contribution in [2.24, 2.45) is 11.5 Å². The van der Waals surface area contributed by atoms with E-state index in [-0.39, 0.29) is 18.6 Å². The van der Waals surface area contributed by atoms with Gasteiger partial charge < -0.3 is 42.5 Å². The molecular weight excluding hydrogens is 528 g/mol. The molecule has 14 nitrogen and oxygen atoms in total. The Morgan fingerprint density at radius 2 is 1.62 bits per heavy atom. The van der Waals surface area contributed by atoms with Crippen LogP contribution < -0.4 is 27.4 Å². The van der Waals surface area contributed by atoms with Crippen LogP contribution in [0.1, 0.15) is 17.7 Å². The number of aromatic amines is 2. The molecule has 0 aliphatic carbocycles. The lowest BCUT2D eigenvalue weighted by Crippen LogP contribution is -2.58. The first kappa shape index (κ1) is 29.2. The first-order chi connectivity index (χ1) is 18.6. The van der Waals surface area contributed by atoms with E-state index < -0.39 is 60.2 Å². The highest BCUT2D eigenvalue weighted by Crippen LogP contribution is 2.18. The molecule has 208 valence electrons. The second-order valence-electron chi connectivity index (χ2n) is 8.83. The van der Waals surface area contributed by atoms with Crippen molar-refractivity contribution >= 4 is 53.1 Å². The number of nitrogens with zero attached hydrogens (tertiary/aromatic N) is 1. The second-order valence-corrected chi connectivity index (χ2v) is 9.19. The molecule has 0 aliphatic heterocycles. The summed E-state index contributed by atoms with van der Waals surface area (Å²) in [6.45, 7) is 0. The fourth-order valence-corrected chi connectivity index (χ4v) is 4.13. The number of amides is 4. The van der Waals surface area contributed by atoms with E-state index in [0.29, 0.717) is 5.69 Å². The van der Waals surface area contributed by atoms with E-state index in [9.17, 15) is 29.1 Å². The Labute approximate surface area is 228 Å². The van der Waals surface area contributed by atoms with Gasteiger partial charge in [0.1, 0.15) is 18.1 Å². The van der Waals surface area contributed by atoms with E-state index >= 15 is 0 Å². The van der Waals surface area contributed by atoms with Crippen molar-refractivity contribution in [3.63, 3.8) is 0 Å². The topological polar surface area (TPSA) is 238 Å². The molecule has 0 fully saturated rings. The van der Waals surface area contributed by atoms with Gasteiger partial charge in [-0.2, -0.15) is 12.6 Å². The lowest BCUT2D eigenvalue weighted by atomic mass is 10.0. The Bertz CT molecular complexity index is 1330. The third kappa shape index (κ3) is 8.05. The molecule has 0 radical (unpaired) electrons. The number of carbonyl (C=O) groups is 5. The molecule has 0 aliphatic rings. The number of aliphatic carboxylic acids is 1. The number of para-hydroxylation sites is 1. The van der Waals surface area contributed by atoms with E-state index in [4.69, 9.17) is 11.5 Å². The van der Waals surface area contributed by atoms with Crippen molar-refractivity contribution in [2.75, 3.05) is 5.75 Å². The summed E-state index contributed by atoms with van der Waals surface area (Å²) in [5.41, 5.74) is 13.5. The van der Waals surface area contributed by atoms with Gasteiger partial charge in [-0.05, 0) is 18.1 Å². The minimum atomic E-state index is -1.50. The monoisotopic (exact) mass is 558 g/mol. The van der Waals surface area contributed by atoms with Gasteiger partial charge in [-0.3, -0.25) is 19.2 Å². The third-order valence-electron chi connectivity index (χ3n) is 5.90. The molecule has 2 aromatic heterocycles. The van der Waals surface area contributed by atoms with E-state index in [0.717, 1.165) is 16.5 Å². The van der Waals surface area contributed by atoms with Gasteiger partial charge in [0.05, 0.1) is 18.8 Å². The Balaban J connectivity index is 1.63. The second kappa shape index (κ2) is 13.4. The maximum atomic E-state index is 12.9. The average molecular weight is 559 g/mol. The number of carbonyl (C=O) groups excluding carboxylic acids is 4. The van der Waals surface area contributed by atoms with Gasteiger partial charge in [-0.1, -0.05) is 18.2 Å². The standard InChI is InChI=1S/C24H30N8O6S/c25-15(5-12-8-28-16-4-2-1-3-14(12)16)21(34)32-19(10-39)23(36)30-17(7-20(26)33)22(35)31-18(24(37)38)6-13-9-27-11-29-13/h1-4,8-9,11,15,17-19,28,39H,5-7,10,25H2,(H2,26,33)(H,27,29)(H,30,36)(H,31,35)(H,32,34)(H,37,38). The summed E-state index contributed by atoms with van der Waals surface area (Å²) in [5.74, 6) is -4.82. The van der Waals surface area contributed by atoms with Crippen LogP contribution in [-0.2, 0) is 36.8 Å². The molecule has 1 aromatic carbocycles. The van der Waals surface area contributed by atoms with Gasteiger partial charge in [0.25, 0.3) is 0 Å². The lowest BCUT2D eigenvalue weighted by molar-refractivity contribution is -0.142. The molecule has 0 spiro atoms. The number of nitrogens with two attached hydrogens (primary N) is 2. The number of nitrogens with one attached hydrogen (secondary N) is 5. The van der Waals surface area contributed by atoms with Crippen molar-refractivity contribution in [3.8, 4) is 0 Å². The zero-order chi connectivity index (χ0) is 28.5. The van der Waals surface area contributed by atoms with E-state index in [2.05, 4.69) is 43.5 Å². The summed E-state index contributed by atoms with van der Waals surface area (Å²) in [4.78, 5) is 71.4. The first-order valence-corrected chi connectivity index (χ1v) is 12.5. The smallest absolute Gasteiger partial charge is 0.326 e. The molecule has 0 saturated heterocycles. The van der Waals surface area contributed by atoms with Crippen LogP contribution in [0, 0.1) is 0 Å². The van der Waals surface area contributed by atoms with Crippen molar-refractivity contribution < 1.29 is 29.1 Å². The maximum absolute atomic E-state index is 12.9. The molecular formula is C24H30N8O6S. The number of primary amides is 1. The van der Waals surface area contributed by atoms with Crippen LogP contribution in [0.15, 0.2) is 43.0 Å². The number of H-pyrrole nitrogens is 2. The number of imidazole rings is 1. The highest BCUT2D eigenvalue weighted by molar-refractivity contribution is 7.80. The normalized spacial score (nSPS) is 14.1. The number of aromatic nitrogens is 3. The van der Waals surface area contributed by atoms with Crippen molar-refractivity contribution in [3.05, 3.63) is 54.2 Å².